The normalized spacial score (nSPS) is 11.0. The molecule has 12 heavy (non-hydrogen) atoms. The first-order valence-corrected chi connectivity index (χ1v) is 4.26. The van der Waals surface area contributed by atoms with Crippen molar-refractivity contribution in [2.75, 3.05) is 6.54 Å². The number of nitrogens with two attached hydrogens (primary N) is 1. The standard InChI is InChI=1S/C8H15N3O/c1-6(2)8-10-7(12-11-8)4-3-5-9/h6H,3-5,9H2,1-2H3. The van der Waals surface area contributed by atoms with Crippen molar-refractivity contribution in [1.29, 1.82) is 0 Å². The van der Waals surface area contributed by atoms with Gasteiger partial charge in [-0.3, -0.25) is 0 Å². The summed E-state index contributed by atoms with van der Waals surface area (Å²) < 4.78 is 5.01. The summed E-state index contributed by atoms with van der Waals surface area (Å²) >= 11 is 0. The van der Waals surface area contributed by atoms with E-state index in [0.717, 1.165) is 18.7 Å². The molecule has 0 radical (unpaired) electrons. The maximum absolute atomic E-state index is 5.35. The van der Waals surface area contributed by atoms with Gasteiger partial charge in [-0.1, -0.05) is 19.0 Å². The highest BCUT2D eigenvalue weighted by atomic mass is 16.5. The first-order valence-electron chi connectivity index (χ1n) is 4.26. The summed E-state index contributed by atoms with van der Waals surface area (Å²) in [4.78, 5) is 4.21. The molecule has 0 saturated carbocycles. The molecule has 2 N–H and O–H groups in total. The fraction of sp³-hybridized carbons (Fsp3) is 0.750. The van der Waals surface area contributed by atoms with Crippen LogP contribution in [0.5, 0.6) is 0 Å². The molecule has 0 bridgehead atoms. The Morgan fingerprint density at radius 3 is 2.75 bits per heavy atom. The summed E-state index contributed by atoms with van der Waals surface area (Å²) in [7, 11) is 0. The Labute approximate surface area is 72.1 Å². The molecule has 1 rings (SSSR count). The second kappa shape index (κ2) is 4.21. The quantitative estimate of drug-likeness (QED) is 0.732. The summed E-state index contributed by atoms with van der Waals surface area (Å²) in [5.74, 6) is 1.81. The summed E-state index contributed by atoms with van der Waals surface area (Å²) in [6, 6.07) is 0. The number of hydrogen-bond acceptors (Lipinski definition) is 4. The Morgan fingerprint density at radius 1 is 1.50 bits per heavy atom. The summed E-state index contributed by atoms with van der Waals surface area (Å²) in [5.41, 5.74) is 5.35. The molecule has 4 heteroatoms. The monoisotopic (exact) mass is 169 g/mol. The van der Waals surface area contributed by atoms with Crippen molar-refractivity contribution in [3.05, 3.63) is 11.7 Å². The van der Waals surface area contributed by atoms with Crippen molar-refractivity contribution >= 4 is 0 Å². The summed E-state index contributed by atoms with van der Waals surface area (Å²) in [6.07, 6.45) is 1.69. The van der Waals surface area contributed by atoms with E-state index in [2.05, 4.69) is 10.1 Å². The predicted molar refractivity (Wildman–Crippen MR) is 45.8 cm³/mol. The van der Waals surface area contributed by atoms with Crippen LogP contribution < -0.4 is 5.73 Å². The molecule has 1 aromatic rings. The zero-order valence-electron chi connectivity index (χ0n) is 7.58. The van der Waals surface area contributed by atoms with Crippen LogP contribution in [0.1, 0.15) is 37.9 Å². The third-order valence-corrected chi connectivity index (χ3v) is 1.59. The molecule has 1 heterocycles. The van der Waals surface area contributed by atoms with Gasteiger partial charge in [0.1, 0.15) is 0 Å². The van der Waals surface area contributed by atoms with Gasteiger partial charge in [0.05, 0.1) is 0 Å². The van der Waals surface area contributed by atoms with Gasteiger partial charge in [0, 0.05) is 12.3 Å². The van der Waals surface area contributed by atoms with Gasteiger partial charge < -0.3 is 10.3 Å². The Balaban J connectivity index is 2.52. The molecule has 0 saturated heterocycles. The second-order valence-corrected chi connectivity index (χ2v) is 3.09. The van der Waals surface area contributed by atoms with Crippen molar-refractivity contribution < 1.29 is 4.52 Å². The lowest BCUT2D eigenvalue weighted by Gasteiger charge is -1.92. The van der Waals surface area contributed by atoms with Crippen molar-refractivity contribution in [3.8, 4) is 0 Å². The molecule has 68 valence electrons. The molecule has 0 aliphatic heterocycles. The molecular formula is C8H15N3O. The minimum Gasteiger partial charge on any atom is -0.339 e. The molecule has 0 aliphatic rings. The largest absolute Gasteiger partial charge is 0.339 e. The lowest BCUT2D eigenvalue weighted by Crippen LogP contribution is -2.00. The fourth-order valence-corrected chi connectivity index (χ4v) is 0.857. The van der Waals surface area contributed by atoms with Crippen molar-refractivity contribution in [2.24, 2.45) is 5.73 Å². The first-order chi connectivity index (χ1) is 5.74. The van der Waals surface area contributed by atoms with Crippen LogP contribution in [-0.2, 0) is 6.42 Å². The zero-order chi connectivity index (χ0) is 8.97. The molecule has 0 spiro atoms. The molecule has 0 amide bonds. The second-order valence-electron chi connectivity index (χ2n) is 3.09. The molecular weight excluding hydrogens is 154 g/mol. The highest BCUT2D eigenvalue weighted by molar-refractivity contribution is 4.91. The average molecular weight is 169 g/mol. The van der Waals surface area contributed by atoms with Gasteiger partial charge in [0.2, 0.25) is 5.89 Å². The van der Waals surface area contributed by atoms with E-state index in [-0.39, 0.29) is 0 Å². The maximum atomic E-state index is 5.35. The SMILES string of the molecule is CC(C)c1noc(CCCN)n1. The number of rotatable bonds is 4. The summed E-state index contributed by atoms with van der Waals surface area (Å²) in [5, 5.41) is 3.84. The van der Waals surface area contributed by atoms with Gasteiger partial charge in [-0.05, 0) is 13.0 Å². The molecule has 0 fully saturated rings. The van der Waals surface area contributed by atoms with Gasteiger partial charge in [0.25, 0.3) is 0 Å². The number of nitrogens with zero attached hydrogens (tertiary/aromatic N) is 2. The van der Waals surface area contributed by atoms with E-state index >= 15 is 0 Å². The Bertz CT molecular complexity index is 232. The van der Waals surface area contributed by atoms with Crippen LogP contribution in [-0.4, -0.2) is 16.7 Å². The predicted octanol–water partition coefficient (Wildman–Crippen LogP) is 1.08. The van der Waals surface area contributed by atoms with E-state index in [9.17, 15) is 0 Å². The van der Waals surface area contributed by atoms with Gasteiger partial charge in [0.15, 0.2) is 5.82 Å². The minimum atomic E-state index is 0.334. The molecule has 0 unspecified atom stereocenters. The Morgan fingerprint density at radius 2 is 2.25 bits per heavy atom. The lowest BCUT2D eigenvalue weighted by atomic mass is 10.2. The highest BCUT2D eigenvalue weighted by Gasteiger charge is 2.08. The summed E-state index contributed by atoms with van der Waals surface area (Å²) in [6.45, 7) is 4.74. The van der Waals surface area contributed by atoms with Crippen LogP contribution in [0.25, 0.3) is 0 Å². The Hall–Kier alpha value is -0.900. The smallest absolute Gasteiger partial charge is 0.226 e. The van der Waals surface area contributed by atoms with E-state index in [1.54, 1.807) is 0 Å². The molecule has 0 aromatic carbocycles. The average Bonchev–Trinajstić information content (AvgIpc) is 2.48. The van der Waals surface area contributed by atoms with E-state index in [4.69, 9.17) is 10.3 Å². The van der Waals surface area contributed by atoms with Crippen molar-refractivity contribution in [2.45, 2.75) is 32.6 Å². The maximum Gasteiger partial charge on any atom is 0.226 e. The first kappa shape index (κ1) is 9.19. The van der Waals surface area contributed by atoms with E-state index in [1.165, 1.54) is 0 Å². The van der Waals surface area contributed by atoms with Crippen LogP contribution in [0.15, 0.2) is 4.52 Å². The van der Waals surface area contributed by atoms with Gasteiger partial charge >= 0.3 is 0 Å². The molecule has 0 aliphatic carbocycles. The van der Waals surface area contributed by atoms with Crippen LogP contribution in [0.3, 0.4) is 0 Å². The molecule has 1 aromatic heterocycles. The third-order valence-electron chi connectivity index (χ3n) is 1.59. The van der Waals surface area contributed by atoms with Crippen molar-refractivity contribution in [3.63, 3.8) is 0 Å². The topological polar surface area (TPSA) is 64.9 Å². The van der Waals surface area contributed by atoms with Crippen LogP contribution >= 0.6 is 0 Å². The zero-order valence-corrected chi connectivity index (χ0v) is 7.58. The van der Waals surface area contributed by atoms with Gasteiger partial charge in [-0.15, -0.1) is 0 Å². The van der Waals surface area contributed by atoms with E-state index in [1.807, 2.05) is 13.8 Å². The molecule has 0 atom stereocenters. The highest BCUT2D eigenvalue weighted by Crippen LogP contribution is 2.10. The van der Waals surface area contributed by atoms with Crippen LogP contribution in [0.4, 0.5) is 0 Å². The lowest BCUT2D eigenvalue weighted by molar-refractivity contribution is 0.369. The van der Waals surface area contributed by atoms with Crippen LogP contribution in [0, 0.1) is 0 Å². The van der Waals surface area contributed by atoms with Crippen LogP contribution in [0.2, 0.25) is 0 Å². The third kappa shape index (κ3) is 2.30. The number of aryl methyl sites for hydroxylation is 1. The van der Waals surface area contributed by atoms with E-state index in [0.29, 0.717) is 18.4 Å². The van der Waals surface area contributed by atoms with Gasteiger partial charge in [-0.2, -0.15) is 4.98 Å². The molecule has 4 nitrogen and oxygen atoms in total. The van der Waals surface area contributed by atoms with Gasteiger partial charge in [-0.25, -0.2) is 0 Å². The minimum absolute atomic E-state index is 0.334. The van der Waals surface area contributed by atoms with E-state index < -0.39 is 0 Å². The Kier molecular flexibility index (Phi) is 3.22. The number of aromatic nitrogens is 2. The fourth-order valence-electron chi connectivity index (χ4n) is 0.857. The number of hydrogen-bond donors (Lipinski definition) is 1. The van der Waals surface area contributed by atoms with Crippen molar-refractivity contribution in [1.82, 2.24) is 10.1 Å².